The van der Waals surface area contributed by atoms with E-state index in [-0.39, 0.29) is 12.2 Å². The molecule has 0 aliphatic carbocycles. The first kappa shape index (κ1) is 12.5. The molecule has 1 aromatic carbocycles. The molecule has 0 aliphatic rings. The van der Waals surface area contributed by atoms with Crippen LogP contribution in [0.5, 0.6) is 5.88 Å². The van der Waals surface area contributed by atoms with Crippen molar-refractivity contribution in [2.45, 2.75) is 6.61 Å². The third-order valence-electron chi connectivity index (χ3n) is 2.16. The molecule has 0 radical (unpaired) electrons. The molecule has 0 N–H and O–H groups in total. The van der Waals surface area contributed by atoms with E-state index in [1.165, 1.54) is 24.4 Å². The number of aromatic nitrogens is 2. The van der Waals surface area contributed by atoms with Gasteiger partial charge in [-0.25, -0.2) is 9.37 Å². The van der Waals surface area contributed by atoms with Crippen LogP contribution < -0.4 is 4.74 Å². The number of rotatable bonds is 3. The minimum atomic E-state index is -0.470. The number of hydrogen-bond donors (Lipinski definition) is 0. The topological polar surface area (TPSA) is 58.8 Å². The fourth-order valence-electron chi connectivity index (χ4n) is 1.29. The standard InChI is InChI=1S/C12H7BrFN3O/c13-12-16-4-3-11(17-12)18-7-9-2-1-8(6-15)5-10(9)14/h1-5H,7H2. The van der Waals surface area contributed by atoms with Gasteiger partial charge in [0, 0.05) is 17.8 Å². The van der Waals surface area contributed by atoms with Crippen molar-refractivity contribution in [3.05, 3.63) is 52.1 Å². The maximum absolute atomic E-state index is 13.5. The van der Waals surface area contributed by atoms with E-state index >= 15 is 0 Å². The van der Waals surface area contributed by atoms with Crippen LogP contribution in [0.4, 0.5) is 4.39 Å². The van der Waals surface area contributed by atoms with E-state index in [4.69, 9.17) is 10.00 Å². The zero-order valence-electron chi connectivity index (χ0n) is 9.10. The van der Waals surface area contributed by atoms with Crippen LogP contribution >= 0.6 is 15.9 Å². The van der Waals surface area contributed by atoms with Gasteiger partial charge in [-0.15, -0.1) is 0 Å². The number of nitrogens with zero attached hydrogens (tertiary/aromatic N) is 3. The molecule has 4 nitrogen and oxygen atoms in total. The van der Waals surface area contributed by atoms with Crippen LogP contribution in [0.3, 0.4) is 0 Å². The summed E-state index contributed by atoms with van der Waals surface area (Å²) in [5, 5.41) is 8.62. The first-order valence-electron chi connectivity index (χ1n) is 4.99. The second-order valence-electron chi connectivity index (χ2n) is 3.37. The SMILES string of the molecule is N#Cc1ccc(COc2ccnc(Br)n2)c(F)c1. The van der Waals surface area contributed by atoms with Gasteiger partial charge in [-0.2, -0.15) is 10.2 Å². The van der Waals surface area contributed by atoms with Crippen LogP contribution in [0, 0.1) is 17.1 Å². The second-order valence-corrected chi connectivity index (χ2v) is 4.08. The molecular formula is C12H7BrFN3O. The molecule has 0 amide bonds. The molecule has 0 fully saturated rings. The molecule has 0 atom stereocenters. The van der Waals surface area contributed by atoms with Crippen molar-refractivity contribution in [2.24, 2.45) is 0 Å². The Labute approximate surface area is 111 Å². The van der Waals surface area contributed by atoms with Gasteiger partial charge in [0.15, 0.2) is 4.73 Å². The normalized spacial score (nSPS) is 9.83. The maximum atomic E-state index is 13.5. The van der Waals surface area contributed by atoms with E-state index in [1.807, 2.05) is 6.07 Å². The predicted octanol–water partition coefficient (Wildman–Crippen LogP) is 2.83. The molecule has 0 aliphatic heterocycles. The van der Waals surface area contributed by atoms with E-state index < -0.39 is 5.82 Å². The lowest BCUT2D eigenvalue weighted by molar-refractivity contribution is 0.287. The molecule has 0 bridgehead atoms. The Hall–Kier alpha value is -2.00. The summed E-state index contributed by atoms with van der Waals surface area (Å²) in [6.07, 6.45) is 1.53. The van der Waals surface area contributed by atoms with Crippen molar-refractivity contribution < 1.29 is 9.13 Å². The van der Waals surface area contributed by atoms with E-state index in [1.54, 1.807) is 6.07 Å². The highest BCUT2D eigenvalue weighted by Gasteiger charge is 2.05. The minimum absolute atomic E-state index is 0.0427. The summed E-state index contributed by atoms with van der Waals surface area (Å²) < 4.78 is 19.3. The fraction of sp³-hybridized carbons (Fsp3) is 0.0833. The smallest absolute Gasteiger partial charge is 0.217 e. The van der Waals surface area contributed by atoms with Gasteiger partial charge in [-0.05, 0) is 28.1 Å². The van der Waals surface area contributed by atoms with Crippen molar-refractivity contribution in [3.8, 4) is 11.9 Å². The van der Waals surface area contributed by atoms with Crippen LogP contribution in [0.25, 0.3) is 0 Å². The summed E-state index contributed by atoms with van der Waals surface area (Å²) in [7, 11) is 0. The van der Waals surface area contributed by atoms with Gasteiger partial charge >= 0.3 is 0 Å². The molecule has 1 aromatic heterocycles. The van der Waals surface area contributed by atoms with E-state index in [0.717, 1.165) is 0 Å². The molecule has 6 heteroatoms. The quantitative estimate of drug-likeness (QED) is 0.818. The molecule has 0 saturated heterocycles. The third-order valence-corrected chi connectivity index (χ3v) is 2.54. The lowest BCUT2D eigenvalue weighted by atomic mass is 10.1. The van der Waals surface area contributed by atoms with Crippen LogP contribution in [0.1, 0.15) is 11.1 Å². The zero-order chi connectivity index (χ0) is 13.0. The lowest BCUT2D eigenvalue weighted by Gasteiger charge is -2.06. The number of ether oxygens (including phenoxy) is 1. The highest BCUT2D eigenvalue weighted by Crippen LogP contribution is 2.14. The Morgan fingerprint density at radius 2 is 2.22 bits per heavy atom. The molecule has 90 valence electrons. The summed E-state index contributed by atoms with van der Waals surface area (Å²) in [6.45, 7) is 0.0427. The highest BCUT2D eigenvalue weighted by molar-refractivity contribution is 9.10. The average molecular weight is 308 g/mol. The summed E-state index contributed by atoms with van der Waals surface area (Å²) in [5.41, 5.74) is 0.643. The van der Waals surface area contributed by atoms with Crippen LogP contribution in [0.2, 0.25) is 0 Å². The lowest BCUT2D eigenvalue weighted by Crippen LogP contribution is -2.00. The Morgan fingerprint density at radius 3 is 2.89 bits per heavy atom. The first-order valence-corrected chi connectivity index (χ1v) is 5.78. The zero-order valence-corrected chi connectivity index (χ0v) is 10.7. The van der Waals surface area contributed by atoms with Crippen LogP contribution in [-0.2, 0) is 6.61 Å². The summed E-state index contributed by atoms with van der Waals surface area (Å²) in [6, 6.07) is 7.68. The van der Waals surface area contributed by atoms with Crippen LogP contribution in [0.15, 0.2) is 35.2 Å². The molecule has 0 unspecified atom stereocenters. The van der Waals surface area contributed by atoms with Crippen molar-refractivity contribution in [1.29, 1.82) is 5.26 Å². The molecule has 0 spiro atoms. The second kappa shape index (κ2) is 5.56. The molecule has 1 heterocycles. The molecule has 2 aromatic rings. The number of nitriles is 1. The van der Waals surface area contributed by atoms with Crippen molar-refractivity contribution >= 4 is 15.9 Å². The van der Waals surface area contributed by atoms with E-state index in [0.29, 0.717) is 16.2 Å². The fourth-order valence-corrected chi connectivity index (χ4v) is 1.58. The monoisotopic (exact) mass is 307 g/mol. The van der Waals surface area contributed by atoms with Gasteiger partial charge in [-0.1, -0.05) is 6.07 Å². The first-order chi connectivity index (χ1) is 8.69. The van der Waals surface area contributed by atoms with Gasteiger partial charge in [0.1, 0.15) is 12.4 Å². The van der Waals surface area contributed by atoms with Crippen molar-refractivity contribution in [2.75, 3.05) is 0 Å². The maximum Gasteiger partial charge on any atom is 0.217 e. The van der Waals surface area contributed by atoms with Crippen molar-refractivity contribution in [1.82, 2.24) is 9.97 Å². The molecule has 0 saturated carbocycles. The van der Waals surface area contributed by atoms with Gasteiger partial charge in [-0.3, -0.25) is 0 Å². The van der Waals surface area contributed by atoms with E-state index in [2.05, 4.69) is 25.9 Å². The van der Waals surface area contributed by atoms with E-state index in [9.17, 15) is 4.39 Å². The third kappa shape index (κ3) is 3.02. The summed E-state index contributed by atoms with van der Waals surface area (Å²) in [4.78, 5) is 7.81. The predicted molar refractivity (Wildman–Crippen MR) is 65.2 cm³/mol. The van der Waals surface area contributed by atoms with Gasteiger partial charge in [0.25, 0.3) is 0 Å². The molecular weight excluding hydrogens is 301 g/mol. The van der Waals surface area contributed by atoms with Gasteiger partial charge < -0.3 is 4.74 Å². The Kier molecular flexibility index (Phi) is 3.85. The Morgan fingerprint density at radius 1 is 1.39 bits per heavy atom. The van der Waals surface area contributed by atoms with Gasteiger partial charge in [0.2, 0.25) is 5.88 Å². The number of halogens is 2. The number of benzene rings is 1. The van der Waals surface area contributed by atoms with Crippen LogP contribution in [-0.4, -0.2) is 9.97 Å². The number of hydrogen-bond acceptors (Lipinski definition) is 4. The highest BCUT2D eigenvalue weighted by atomic mass is 79.9. The summed E-state index contributed by atoms with van der Waals surface area (Å²) >= 11 is 3.11. The Bertz CT molecular complexity index is 613. The summed E-state index contributed by atoms with van der Waals surface area (Å²) in [5.74, 6) is -0.122. The Balaban J connectivity index is 2.09. The minimum Gasteiger partial charge on any atom is -0.473 e. The average Bonchev–Trinajstić information content (AvgIpc) is 2.37. The van der Waals surface area contributed by atoms with Gasteiger partial charge in [0.05, 0.1) is 11.6 Å². The van der Waals surface area contributed by atoms with Crippen molar-refractivity contribution in [3.63, 3.8) is 0 Å². The molecule has 18 heavy (non-hydrogen) atoms. The largest absolute Gasteiger partial charge is 0.473 e. The molecule has 2 rings (SSSR count).